The van der Waals surface area contributed by atoms with Gasteiger partial charge in [-0.1, -0.05) is 37.6 Å². The monoisotopic (exact) mass is 309 g/mol. The van der Waals surface area contributed by atoms with Crippen LogP contribution in [0.3, 0.4) is 0 Å². The molecule has 0 saturated carbocycles. The molecule has 1 aliphatic rings. The molecule has 0 unspecified atom stereocenters. The molecular weight excluding hydrogens is 282 g/mol. The van der Waals surface area contributed by atoms with Gasteiger partial charge in [-0.15, -0.1) is 0 Å². The Kier molecular flexibility index (Phi) is 5.18. The minimum Gasteiger partial charge on any atom is -0.367 e. The lowest BCUT2D eigenvalue weighted by molar-refractivity contribution is 0.139. The average molecular weight is 310 g/mol. The maximum Gasteiger partial charge on any atom is 0.0642 e. The molecule has 1 saturated heterocycles. The zero-order valence-corrected chi connectivity index (χ0v) is 14.7. The molecule has 0 radical (unpaired) electrons. The largest absolute Gasteiger partial charge is 0.367 e. The van der Waals surface area contributed by atoms with Crippen molar-refractivity contribution in [1.29, 1.82) is 0 Å². The van der Waals surface area contributed by atoms with Crippen LogP contribution < -0.4 is 10.2 Å². The molecule has 118 valence electrons. The maximum absolute atomic E-state index is 6.52. The van der Waals surface area contributed by atoms with E-state index in [0.29, 0.717) is 6.04 Å². The fourth-order valence-electron chi connectivity index (χ4n) is 2.80. The van der Waals surface area contributed by atoms with Crippen LogP contribution in [-0.2, 0) is 6.54 Å². The zero-order valence-electron chi connectivity index (χ0n) is 13.9. The summed E-state index contributed by atoms with van der Waals surface area (Å²) in [5.74, 6) is 0. The quantitative estimate of drug-likeness (QED) is 0.920. The molecular formula is C17H28ClN3. The van der Waals surface area contributed by atoms with E-state index >= 15 is 0 Å². The molecule has 0 atom stereocenters. The standard InChI is InChI=1S/C17H28ClN3/c1-13(2)19-11-14-7-6-8-15(18)16(14)21-10-9-20(5)17(3,4)12-21/h6-8,13,19H,9-12H2,1-5H3. The van der Waals surface area contributed by atoms with Crippen molar-refractivity contribution in [2.45, 2.75) is 45.8 Å². The van der Waals surface area contributed by atoms with E-state index in [1.165, 1.54) is 11.3 Å². The van der Waals surface area contributed by atoms with E-state index in [9.17, 15) is 0 Å². The predicted molar refractivity (Wildman–Crippen MR) is 92.3 cm³/mol. The molecule has 1 aromatic carbocycles. The van der Waals surface area contributed by atoms with E-state index in [1.54, 1.807) is 0 Å². The Morgan fingerprint density at radius 1 is 1.29 bits per heavy atom. The van der Waals surface area contributed by atoms with Gasteiger partial charge in [0.15, 0.2) is 0 Å². The van der Waals surface area contributed by atoms with Crippen LogP contribution in [0.5, 0.6) is 0 Å². The first kappa shape index (κ1) is 16.6. The lowest BCUT2D eigenvalue weighted by atomic mass is 9.98. The number of nitrogens with zero attached hydrogens (tertiary/aromatic N) is 2. The number of likely N-dealkylation sites (N-methyl/N-ethyl adjacent to an activating group) is 1. The van der Waals surface area contributed by atoms with Crippen LogP contribution in [0.1, 0.15) is 33.3 Å². The number of benzene rings is 1. The molecule has 1 aromatic rings. The molecule has 21 heavy (non-hydrogen) atoms. The van der Waals surface area contributed by atoms with Gasteiger partial charge in [-0.3, -0.25) is 4.90 Å². The highest BCUT2D eigenvalue weighted by atomic mass is 35.5. The van der Waals surface area contributed by atoms with Gasteiger partial charge in [0, 0.05) is 37.8 Å². The van der Waals surface area contributed by atoms with Crippen molar-refractivity contribution in [1.82, 2.24) is 10.2 Å². The first-order valence-electron chi connectivity index (χ1n) is 7.78. The van der Waals surface area contributed by atoms with E-state index < -0.39 is 0 Å². The van der Waals surface area contributed by atoms with Gasteiger partial charge in [0.2, 0.25) is 0 Å². The normalized spacial score (nSPS) is 19.3. The van der Waals surface area contributed by atoms with Crippen molar-refractivity contribution in [2.75, 3.05) is 31.6 Å². The van der Waals surface area contributed by atoms with Crippen LogP contribution in [0.15, 0.2) is 18.2 Å². The van der Waals surface area contributed by atoms with Crippen LogP contribution in [0, 0.1) is 0 Å². The minimum absolute atomic E-state index is 0.167. The number of piperazine rings is 1. The van der Waals surface area contributed by atoms with E-state index in [4.69, 9.17) is 11.6 Å². The molecule has 3 nitrogen and oxygen atoms in total. The summed E-state index contributed by atoms with van der Waals surface area (Å²) in [6.07, 6.45) is 0. The van der Waals surface area contributed by atoms with Crippen LogP contribution in [0.25, 0.3) is 0 Å². The van der Waals surface area contributed by atoms with Crippen molar-refractivity contribution in [2.24, 2.45) is 0 Å². The van der Waals surface area contributed by atoms with Crippen LogP contribution in [0.4, 0.5) is 5.69 Å². The third-order valence-corrected chi connectivity index (χ3v) is 4.71. The predicted octanol–water partition coefficient (Wildman–Crippen LogP) is 3.37. The third-order valence-electron chi connectivity index (χ3n) is 4.40. The first-order valence-corrected chi connectivity index (χ1v) is 8.16. The third kappa shape index (κ3) is 3.91. The summed E-state index contributed by atoms with van der Waals surface area (Å²) < 4.78 is 0. The summed E-state index contributed by atoms with van der Waals surface area (Å²) in [6, 6.07) is 6.70. The summed E-state index contributed by atoms with van der Waals surface area (Å²) >= 11 is 6.52. The summed E-state index contributed by atoms with van der Waals surface area (Å²) in [6.45, 7) is 12.9. The Balaban J connectivity index is 2.26. The van der Waals surface area contributed by atoms with Crippen LogP contribution in [0.2, 0.25) is 5.02 Å². The van der Waals surface area contributed by atoms with Crippen molar-refractivity contribution in [3.8, 4) is 0 Å². The second-order valence-corrected chi connectivity index (χ2v) is 7.35. The topological polar surface area (TPSA) is 18.5 Å². The van der Waals surface area contributed by atoms with E-state index in [0.717, 1.165) is 31.2 Å². The van der Waals surface area contributed by atoms with Gasteiger partial charge in [-0.25, -0.2) is 0 Å². The van der Waals surface area contributed by atoms with Crippen molar-refractivity contribution >= 4 is 17.3 Å². The van der Waals surface area contributed by atoms with Gasteiger partial charge >= 0.3 is 0 Å². The van der Waals surface area contributed by atoms with Crippen molar-refractivity contribution < 1.29 is 0 Å². The molecule has 0 aromatic heterocycles. The Labute approximate surface area is 134 Å². The molecule has 1 aliphatic heterocycles. The molecule has 0 aliphatic carbocycles. The molecule has 2 rings (SSSR count). The molecule has 1 fully saturated rings. The smallest absolute Gasteiger partial charge is 0.0642 e. The summed E-state index contributed by atoms with van der Waals surface area (Å²) in [5.41, 5.74) is 2.66. The lowest BCUT2D eigenvalue weighted by Gasteiger charge is -2.47. The highest BCUT2D eigenvalue weighted by molar-refractivity contribution is 6.33. The highest BCUT2D eigenvalue weighted by Crippen LogP contribution is 2.33. The van der Waals surface area contributed by atoms with Crippen LogP contribution in [-0.4, -0.2) is 43.2 Å². The van der Waals surface area contributed by atoms with Gasteiger partial charge in [0.1, 0.15) is 0 Å². The Bertz CT molecular complexity index is 485. The molecule has 1 N–H and O–H groups in total. The van der Waals surface area contributed by atoms with Gasteiger partial charge in [0.25, 0.3) is 0 Å². The SMILES string of the molecule is CC(C)NCc1cccc(Cl)c1N1CCN(C)C(C)(C)C1. The average Bonchev–Trinajstić information content (AvgIpc) is 2.39. The number of hydrogen-bond acceptors (Lipinski definition) is 3. The van der Waals surface area contributed by atoms with Gasteiger partial charge in [-0.05, 0) is 32.5 Å². The van der Waals surface area contributed by atoms with Crippen molar-refractivity contribution in [3.05, 3.63) is 28.8 Å². The summed E-state index contributed by atoms with van der Waals surface area (Å²) in [7, 11) is 2.20. The minimum atomic E-state index is 0.167. The van der Waals surface area contributed by atoms with Crippen molar-refractivity contribution in [3.63, 3.8) is 0 Å². The van der Waals surface area contributed by atoms with Gasteiger partial charge < -0.3 is 10.2 Å². The van der Waals surface area contributed by atoms with Crippen LogP contribution >= 0.6 is 11.6 Å². The number of para-hydroxylation sites is 1. The van der Waals surface area contributed by atoms with E-state index in [-0.39, 0.29) is 5.54 Å². The van der Waals surface area contributed by atoms with E-state index in [1.807, 2.05) is 12.1 Å². The summed E-state index contributed by atoms with van der Waals surface area (Å²) in [4.78, 5) is 4.87. The molecule has 0 bridgehead atoms. The fraction of sp³-hybridized carbons (Fsp3) is 0.647. The molecule has 0 amide bonds. The Hall–Kier alpha value is -0.770. The lowest BCUT2D eigenvalue weighted by Crippen LogP contribution is -2.58. The first-order chi connectivity index (χ1) is 9.81. The zero-order chi connectivity index (χ0) is 15.6. The fourth-order valence-corrected chi connectivity index (χ4v) is 3.12. The second-order valence-electron chi connectivity index (χ2n) is 6.94. The number of rotatable bonds is 4. The maximum atomic E-state index is 6.52. The Morgan fingerprint density at radius 3 is 2.62 bits per heavy atom. The second kappa shape index (κ2) is 6.55. The number of nitrogens with one attached hydrogen (secondary N) is 1. The molecule has 4 heteroatoms. The van der Waals surface area contributed by atoms with Gasteiger partial charge in [0.05, 0.1) is 10.7 Å². The highest BCUT2D eigenvalue weighted by Gasteiger charge is 2.32. The Morgan fingerprint density at radius 2 is 2.00 bits per heavy atom. The number of halogens is 1. The molecule has 0 spiro atoms. The number of anilines is 1. The summed E-state index contributed by atoms with van der Waals surface area (Å²) in [5, 5.41) is 4.36. The molecule has 1 heterocycles. The van der Waals surface area contributed by atoms with Gasteiger partial charge in [-0.2, -0.15) is 0 Å². The number of hydrogen-bond donors (Lipinski definition) is 1. The van der Waals surface area contributed by atoms with E-state index in [2.05, 4.69) is 55.9 Å².